The molecule has 0 atom stereocenters. The minimum Gasteiger partial charge on any atom is -0.451 e. The molecule has 4 rings (SSSR count). The highest BCUT2D eigenvalue weighted by Gasteiger charge is 2.24. The minimum absolute atomic E-state index is 0.0211. The smallest absolute Gasteiger partial charge is 0.289 e. The maximum absolute atomic E-state index is 13.1. The normalized spacial score (nSPS) is 14.9. The average Bonchev–Trinajstić information content (AvgIpc) is 3.44. The first-order valence-electron chi connectivity index (χ1n) is 9.37. The Bertz CT molecular complexity index is 898. The highest BCUT2D eigenvalue weighted by atomic mass is 32.2. The number of hydrogen-bond donors (Lipinski definition) is 0. The molecule has 6 heteroatoms. The van der Waals surface area contributed by atoms with E-state index >= 15 is 0 Å². The highest BCUT2D eigenvalue weighted by Crippen LogP contribution is 2.34. The lowest BCUT2D eigenvalue weighted by Gasteiger charge is -2.21. The Kier molecular flexibility index (Phi) is 5.86. The molecule has 1 fully saturated rings. The van der Waals surface area contributed by atoms with E-state index in [0.717, 1.165) is 48.5 Å². The van der Waals surface area contributed by atoms with E-state index in [-0.39, 0.29) is 5.91 Å². The standard InChI is InChI=1S/C21H24N2O2S2/c1-22(12-13-23-10-4-5-11-23)21(24)20-17(15-27-19-9-6-14-26-19)16-7-2-3-8-18(16)25-20/h2-3,6-9,14H,4-5,10-13,15H2,1H3. The van der Waals surface area contributed by atoms with Gasteiger partial charge in [0.2, 0.25) is 0 Å². The number of likely N-dealkylation sites (N-methyl/N-ethyl adjacent to an activating group) is 1. The molecule has 1 aliphatic heterocycles. The molecule has 1 saturated heterocycles. The number of likely N-dealkylation sites (tertiary alicyclic amines) is 1. The van der Waals surface area contributed by atoms with Gasteiger partial charge in [-0.3, -0.25) is 4.79 Å². The number of para-hydroxylation sites is 1. The van der Waals surface area contributed by atoms with Gasteiger partial charge in [0.25, 0.3) is 5.91 Å². The third-order valence-electron chi connectivity index (χ3n) is 5.04. The number of thioether (sulfide) groups is 1. The zero-order chi connectivity index (χ0) is 18.6. The van der Waals surface area contributed by atoms with E-state index in [1.165, 1.54) is 17.1 Å². The summed E-state index contributed by atoms with van der Waals surface area (Å²) in [5.41, 5.74) is 1.79. The van der Waals surface area contributed by atoms with E-state index in [1.54, 1.807) is 28.0 Å². The largest absolute Gasteiger partial charge is 0.451 e. The lowest BCUT2D eigenvalue weighted by atomic mass is 10.1. The molecule has 0 bridgehead atoms. The molecular weight excluding hydrogens is 376 g/mol. The number of rotatable bonds is 7. The summed E-state index contributed by atoms with van der Waals surface area (Å²) in [7, 11) is 1.88. The van der Waals surface area contributed by atoms with Crippen LogP contribution in [0.5, 0.6) is 0 Å². The highest BCUT2D eigenvalue weighted by molar-refractivity contribution is 8.00. The van der Waals surface area contributed by atoms with Gasteiger partial charge in [0, 0.05) is 36.8 Å². The fourth-order valence-electron chi connectivity index (χ4n) is 3.48. The van der Waals surface area contributed by atoms with Crippen molar-refractivity contribution < 1.29 is 9.21 Å². The maximum atomic E-state index is 13.1. The summed E-state index contributed by atoms with van der Waals surface area (Å²) in [6, 6.07) is 12.1. The van der Waals surface area contributed by atoms with Gasteiger partial charge in [-0.25, -0.2) is 0 Å². The van der Waals surface area contributed by atoms with Gasteiger partial charge in [0.05, 0.1) is 4.21 Å². The molecule has 3 heterocycles. The summed E-state index contributed by atoms with van der Waals surface area (Å²) in [6.45, 7) is 3.96. The molecule has 27 heavy (non-hydrogen) atoms. The van der Waals surface area contributed by atoms with Crippen LogP contribution in [-0.2, 0) is 5.75 Å². The van der Waals surface area contributed by atoms with E-state index in [2.05, 4.69) is 22.4 Å². The SMILES string of the molecule is CN(CCN1CCCC1)C(=O)c1oc2ccccc2c1CSc1cccs1. The number of furan rings is 1. The molecule has 0 unspecified atom stereocenters. The number of carbonyl (C=O) groups excluding carboxylic acids is 1. The zero-order valence-electron chi connectivity index (χ0n) is 15.5. The van der Waals surface area contributed by atoms with Gasteiger partial charge < -0.3 is 14.2 Å². The van der Waals surface area contributed by atoms with Crippen LogP contribution in [0.3, 0.4) is 0 Å². The number of nitrogens with zero attached hydrogens (tertiary/aromatic N) is 2. The minimum atomic E-state index is -0.0211. The van der Waals surface area contributed by atoms with Crippen molar-refractivity contribution in [2.45, 2.75) is 22.8 Å². The Balaban J connectivity index is 1.53. The second kappa shape index (κ2) is 8.50. The van der Waals surface area contributed by atoms with Crippen LogP contribution >= 0.6 is 23.1 Å². The van der Waals surface area contributed by atoms with Gasteiger partial charge in [-0.15, -0.1) is 23.1 Å². The van der Waals surface area contributed by atoms with Crippen molar-refractivity contribution in [3.05, 3.63) is 53.1 Å². The summed E-state index contributed by atoms with van der Waals surface area (Å²) in [6.07, 6.45) is 2.54. The van der Waals surface area contributed by atoms with E-state index in [4.69, 9.17) is 4.42 Å². The summed E-state index contributed by atoms with van der Waals surface area (Å²) in [5.74, 6) is 1.20. The van der Waals surface area contributed by atoms with Crippen molar-refractivity contribution in [1.29, 1.82) is 0 Å². The lowest BCUT2D eigenvalue weighted by molar-refractivity contribution is 0.0752. The summed E-state index contributed by atoms with van der Waals surface area (Å²) >= 11 is 3.48. The molecule has 0 saturated carbocycles. The summed E-state index contributed by atoms with van der Waals surface area (Å²) < 4.78 is 7.26. The first-order chi connectivity index (χ1) is 13.2. The van der Waals surface area contributed by atoms with Gasteiger partial charge in [0.15, 0.2) is 5.76 Å². The molecule has 0 aliphatic carbocycles. The van der Waals surface area contributed by atoms with Gasteiger partial charge in [-0.1, -0.05) is 24.3 Å². The van der Waals surface area contributed by atoms with Crippen molar-refractivity contribution in [2.75, 3.05) is 33.2 Å². The number of amides is 1. The molecular formula is C21H24N2O2S2. The van der Waals surface area contributed by atoms with Crippen LogP contribution in [0.15, 0.2) is 50.4 Å². The van der Waals surface area contributed by atoms with Crippen molar-refractivity contribution >= 4 is 40.0 Å². The fraction of sp³-hybridized carbons (Fsp3) is 0.381. The van der Waals surface area contributed by atoms with Crippen molar-refractivity contribution in [3.63, 3.8) is 0 Å². The van der Waals surface area contributed by atoms with Crippen molar-refractivity contribution in [3.8, 4) is 0 Å². The van der Waals surface area contributed by atoms with Crippen LogP contribution < -0.4 is 0 Å². The fourth-order valence-corrected chi connectivity index (χ4v) is 5.29. The Morgan fingerprint density at radius 3 is 2.81 bits per heavy atom. The third-order valence-corrected chi connectivity index (χ3v) is 7.20. The van der Waals surface area contributed by atoms with Crippen molar-refractivity contribution in [2.24, 2.45) is 0 Å². The Morgan fingerprint density at radius 1 is 1.22 bits per heavy atom. The topological polar surface area (TPSA) is 36.7 Å². The number of thiophene rings is 1. The number of carbonyl (C=O) groups is 1. The average molecular weight is 401 g/mol. The van der Waals surface area contributed by atoms with E-state index < -0.39 is 0 Å². The number of fused-ring (bicyclic) bond motifs is 1. The van der Waals surface area contributed by atoms with E-state index in [1.807, 2.05) is 31.3 Å². The first-order valence-corrected chi connectivity index (χ1v) is 11.2. The molecule has 4 nitrogen and oxygen atoms in total. The van der Waals surface area contributed by atoms with Crippen LogP contribution in [0.1, 0.15) is 29.0 Å². The lowest BCUT2D eigenvalue weighted by Crippen LogP contribution is -2.35. The second-order valence-electron chi connectivity index (χ2n) is 6.90. The van der Waals surface area contributed by atoms with Gasteiger partial charge in [0.1, 0.15) is 5.58 Å². The second-order valence-corrected chi connectivity index (χ2v) is 9.13. The van der Waals surface area contributed by atoms with E-state index in [0.29, 0.717) is 5.76 Å². The predicted octanol–water partition coefficient (Wildman–Crippen LogP) is 4.95. The summed E-state index contributed by atoms with van der Waals surface area (Å²) in [5, 5.41) is 3.12. The molecule has 1 aliphatic rings. The van der Waals surface area contributed by atoms with E-state index in [9.17, 15) is 4.79 Å². The van der Waals surface area contributed by atoms with Crippen molar-refractivity contribution in [1.82, 2.24) is 9.80 Å². The Morgan fingerprint density at radius 2 is 2.04 bits per heavy atom. The maximum Gasteiger partial charge on any atom is 0.289 e. The summed E-state index contributed by atoms with van der Waals surface area (Å²) in [4.78, 5) is 17.3. The van der Waals surface area contributed by atoms with Gasteiger partial charge >= 0.3 is 0 Å². The molecule has 1 amide bonds. The molecule has 0 spiro atoms. The number of benzene rings is 1. The molecule has 1 aromatic carbocycles. The predicted molar refractivity (Wildman–Crippen MR) is 113 cm³/mol. The van der Waals surface area contributed by atoms with Gasteiger partial charge in [-0.05, 0) is 43.4 Å². The molecule has 3 aromatic rings. The van der Waals surface area contributed by atoms with Gasteiger partial charge in [-0.2, -0.15) is 0 Å². The first kappa shape index (κ1) is 18.6. The van der Waals surface area contributed by atoms with Crippen LogP contribution in [0, 0.1) is 0 Å². The van der Waals surface area contributed by atoms with Crippen LogP contribution in [0.25, 0.3) is 11.0 Å². The third kappa shape index (κ3) is 4.23. The quantitative estimate of drug-likeness (QED) is 0.526. The zero-order valence-corrected chi connectivity index (χ0v) is 17.2. The Hall–Kier alpha value is -1.76. The van der Waals surface area contributed by atoms with Crippen LogP contribution in [0.2, 0.25) is 0 Å². The Labute approximate surface area is 168 Å². The van der Waals surface area contributed by atoms with Crippen LogP contribution in [0.4, 0.5) is 0 Å². The molecule has 2 aromatic heterocycles. The monoisotopic (exact) mass is 400 g/mol. The molecule has 142 valence electrons. The number of hydrogen-bond acceptors (Lipinski definition) is 5. The van der Waals surface area contributed by atoms with Crippen LogP contribution in [-0.4, -0.2) is 48.9 Å². The molecule has 0 radical (unpaired) electrons. The molecule has 0 N–H and O–H groups in total.